The van der Waals surface area contributed by atoms with E-state index in [4.69, 9.17) is 4.74 Å². The van der Waals surface area contributed by atoms with E-state index >= 15 is 0 Å². The molecule has 4 aromatic rings. The zero-order chi connectivity index (χ0) is 20.4. The molecule has 0 spiro atoms. The number of aromatic amines is 1. The molecule has 0 atom stereocenters. The number of rotatable bonds is 5. The highest BCUT2D eigenvalue weighted by atomic mass is 32.1. The molecule has 0 unspecified atom stereocenters. The van der Waals surface area contributed by atoms with Crippen molar-refractivity contribution in [1.82, 2.24) is 14.8 Å². The lowest BCUT2D eigenvalue weighted by Crippen LogP contribution is -2.34. The van der Waals surface area contributed by atoms with Crippen LogP contribution in [0.1, 0.15) is 0 Å². The number of methoxy groups -OCH3 is 1. The van der Waals surface area contributed by atoms with E-state index in [0.717, 1.165) is 16.0 Å². The number of nitrogens with zero attached hydrogens (tertiary/aromatic N) is 2. The van der Waals surface area contributed by atoms with Gasteiger partial charge < -0.3 is 10.1 Å². The van der Waals surface area contributed by atoms with Gasteiger partial charge in [-0.15, -0.1) is 11.3 Å². The van der Waals surface area contributed by atoms with Crippen LogP contribution in [0, 0.1) is 0 Å². The molecule has 2 aromatic carbocycles. The summed E-state index contributed by atoms with van der Waals surface area (Å²) >= 11 is 1.27. The van der Waals surface area contributed by atoms with Gasteiger partial charge >= 0.3 is 0 Å². The summed E-state index contributed by atoms with van der Waals surface area (Å²) in [6.07, 6.45) is 0. The fourth-order valence-corrected chi connectivity index (χ4v) is 3.62. The molecule has 0 radical (unpaired) electrons. The SMILES string of the molecule is COc1ccc(-c2csc(NC(=O)Cn3[nH]c(=O)c4ccccc4c3=O)n2)cc1. The third kappa shape index (κ3) is 3.81. The molecule has 1 amide bonds. The first-order chi connectivity index (χ1) is 14.0. The van der Waals surface area contributed by atoms with Gasteiger partial charge in [0.15, 0.2) is 5.13 Å². The predicted molar refractivity (Wildman–Crippen MR) is 112 cm³/mol. The Kier molecular flexibility index (Phi) is 4.96. The third-order valence-electron chi connectivity index (χ3n) is 4.32. The number of carbonyl (C=O) groups is 1. The van der Waals surface area contributed by atoms with Crippen molar-refractivity contribution in [2.45, 2.75) is 6.54 Å². The Morgan fingerprint density at radius 2 is 1.86 bits per heavy atom. The first-order valence-electron chi connectivity index (χ1n) is 8.67. The van der Waals surface area contributed by atoms with Gasteiger partial charge in [-0.25, -0.2) is 9.67 Å². The molecule has 0 saturated carbocycles. The minimum Gasteiger partial charge on any atom is -0.497 e. The van der Waals surface area contributed by atoms with Crippen molar-refractivity contribution in [3.63, 3.8) is 0 Å². The monoisotopic (exact) mass is 408 g/mol. The Balaban J connectivity index is 1.51. The lowest BCUT2D eigenvalue weighted by molar-refractivity contribution is -0.117. The molecule has 2 N–H and O–H groups in total. The number of nitrogens with one attached hydrogen (secondary N) is 2. The van der Waals surface area contributed by atoms with Crippen LogP contribution in [-0.4, -0.2) is 27.8 Å². The van der Waals surface area contributed by atoms with Crippen LogP contribution >= 0.6 is 11.3 Å². The summed E-state index contributed by atoms with van der Waals surface area (Å²) in [6, 6.07) is 13.9. The van der Waals surface area contributed by atoms with Gasteiger partial charge in [0.25, 0.3) is 11.1 Å². The van der Waals surface area contributed by atoms with Crippen LogP contribution in [-0.2, 0) is 11.3 Å². The topological polar surface area (TPSA) is 106 Å². The summed E-state index contributed by atoms with van der Waals surface area (Å²) in [6.45, 7) is -0.323. The molecule has 0 saturated heterocycles. The number of carbonyl (C=O) groups excluding carboxylic acids is 1. The van der Waals surface area contributed by atoms with Crippen LogP contribution in [0.3, 0.4) is 0 Å². The molecule has 0 aliphatic carbocycles. The number of aromatic nitrogens is 3. The smallest absolute Gasteiger partial charge is 0.273 e. The predicted octanol–water partition coefficient (Wildman–Crippen LogP) is 2.46. The Hall–Kier alpha value is -3.72. The Labute approximate surface area is 168 Å². The van der Waals surface area contributed by atoms with Gasteiger partial charge in [0.05, 0.1) is 23.6 Å². The number of ether oxygens (including phenoxy) is 1. The molecule has 2 heterocycles. The number of thiazole rings is 1. The second kappa shape index (κ2) is 7.72. The van der Waals surface area contributed by atoms with Crippen LogP contribution < -0.4 is 21.2 Å². The van der Waals surface area contributed by atoms with E-state index in [1.165, 1.54) is 11.3 Å². The molecule has 8 nitrogen and oxygen atoms in total. The van der Waals surface area contributed by atoms with E-state index in [9.17, 15) is 14.4 Å². The van der Waals surface area contributed by atoms with Gasteiger partial charge in [0.1, 0.15) is 12.3 Å². The van der Waals surface area contributed by atoms with Crippen molar-refractivity contribution < 1.29 is 9.53 Å². The molecular weight excluding hydrogens is 392 g/mol. The fourth-order valence-electron chi connectivity index (χ4n) is 2.89. The molecular formula is C20H16N4O4S. The molecule has 2 aromatic heterocycles. The third-order valence-corrected chi connectivity index (χ3v) is 5.08. The van der Waals surface area contributed by atoms with Crippen molar-refractivity contribution in [2.24, 2.45) is 0 Å². The number of benzene rings is 2. The number of hydrogen-bond donors (Lipinski definition) is 2. The van der Waals surface area contributed by atoms with Crippen LogP contribution in [0.4, 0.5) is 5.13 Å². The highest BCUT2D eigenvalue weighted by molar-refractivity contribution is 7.14. The van der Waals surface area contributed by atoms with E-state index in [1.54, 1.807) is 31.4 Å². The molecule has 4 rings (SSSR count). The summed E-state index contributed by atoms with van der Waals surface area (Å²) in [5.41, 5.74) is 0.735. The second-order valence-corrected chi connectivity index (χ2v) is 7.05. The largest absolute Gasteiger partial charge is 0.497 e. The maximum atomic E-state index is 12.5. The van der Waals surface area contributed by atoms with Crippen molar-refractivity contribution >= 4 is 33.1 Å². The average Bonchev–Trinajstić information content (AvgIpc) is 3.20. The zero-order valence-corrected chi connectivity index (χ0v) is 16.2. The molecule has 0 fully saturated rings. The highest BCUT2D eigenvalue weighted by Gasteiger charge is 2.12. The van der Waals surface area contributed by atoms with Gasteiger partial charge in [-0.1, -0.05) is 12.1 Å². The summed E-state index contributed by atoms with van der Waals surface area (Å²) in [4.78, 5) is 41.4. The molecule has 9 heteroatoms. The first-order valence-corrected chi connectivity index (χ1v) is 9.55. The summed E-state index contributed by atoms with van der Waals surface area (Å²) < 4.78 is 6.13. The maximum Gasteiger partial charge on any atom is 0.273 e. The van der Waals surface area contributed by atoms with Gasteiger partial charge in [-0.3, -0.25) is 19.5 Å². The van der Waals surface area contributed by atoms with Crippen LogP contribution in [0.2, 0.25) is 0 Å². The Morgan fingerprint density at radius 3 is 2.59 bits per heavy atom. The lowest BCUT2D eigenvalue weighted by Gasteiger charge is -2.06. The van der Waals surface area contributed by atoms with E-state index in [0.29, 0.717) is 16.2 Å². The van der Waals surface area contributed by atoms with Crippen molar-refractivity contribution in [2.75, 3.05) is 12.4 Å². The number of H-pyrrole nitrogens is 1. The normalized spacial score (nSPS) is 10.8. The maximum absolute atomic E-state index is 12.5. The molecule has 0 bridgehead atoms. The molecule has 0 aliphatic heterocycles. The zero-order valence-electron chi connectivity index (χ0n) is 15.3. The van der Waals surface area contributed by atoms with E-state index in [1.807, 2.05) is 29.6 Å². The van der Waals surface area contributed by atoms with Gasteiger partial charge in [-0.05, 0) is 36.4 Å². The van der Waals surface area contributed by atoms with Gasteiger partial charge in [0, 0.05) is 10.9 Å². The molecule has 0 aliphatic rings. The van der Waals surface area contributed by atoms with E-state index in [2.05, 4.69) is 15.4 Å². The minimum atomic E-state index is -0.464. The van der Waals surface area contributed by atoms with E-state index in [-0.39, 0.29) is 11.9 Å². The number of hydrogen-bond acceptors (Lipinski definition) is 6. The molecule has 29 heavy (non-hydrogen) atoms. The summed E-state index contributed by atoms with van der Waals surface area (Å²) in [5.74, 6) is 0.279. The van der Waals surface area contributed by atoms with Crippen molar-refractivity contribution in [3.05, 3.63) is 74.6 Å². The first kappa shape index (κ1) is 18.6. The number of fused-ring (bicyclic) bond motifs is 1. The number of anilines is 1. The van der Waals surface area contributed by atoms with E-state index < -0.39 is 17.0 Å². The van der Waals surface area contributed by atoms with Gasteiger partial charge in [0.2, 0.25) is 5.91 Å². The van der Waals surface area contributed by atoms with Crippen LogP contribution in [0.5, 0.6) is 5.75 Å². The standard InChI is InChI=1S/C20H16N4O4S/c1-28-13-8-6-12(7-9-13)16-11-29-20(21-16)22-17(25)10-24-19(27)15-5-3-2-4-14(15)18(26)23-24/h2-9,11H,10H2,1H3,(H,23,26)(H,21,22,25). The summed E-state index contributed by atoms with van der Waals surface area (Å²) in [5, 5.41) is 7.87. The van der Waals surface area contributed by atoms with Crippen LogP contribution in [0.15, 0.2) is 63.5 Å². The minimum absolute atomic E-state index is 0.264. The highest BCUT2D eigenvalue weighted by Crippen LogP contribution is 2.26. The quantitative estimate of drug-likeness (QED) is 0.528. The molecule has 146 valence electrons. The number of amides is 1. The summed E-state index contributed by atoms with van der Waals surface area (Å²) in [7, 11) is 1.60. The average molecular weight is 408 g/mol. The van der Waals surface area contributed by atoms with Gasteiger partial charge in [-0.2, -0.15) is 0 Å². The van der Waals surface area contributed by atoms with Crippen LogP contribution in [0.25, 0.3) is 22.0 Å². The lowest BCUT2D eigenvalue weighted by atomic mass is 10.2. The fraction of sp³-hybridized carbons (Fsp3) is 0.100. The Morgan fingerprint density at radius 1 is 1.14 bits per heavy atom. The second-order valence-electron chi connectivity index (χ2n) is 6.19. The Bertz CT molecular complexity index is 1300. The van der Waals surface area contributed by atoms with Crippen molar-refractivity contribution in [1.29, 1.82) is 0 Å². The van der Waals surface area contributed by atoms with Crippen molar-refractivity contribution in [3.8, 4) is 17.0 Å².